The predicted molar refractivity (Wildman–Crippen MR) is 127 cm³/mol. The second kappa shape index (κ2) is 8.40. The van der Waals surface area contributed by atoms with Gasteiger partial charge in [0.1, 0.15) is 34.8 Å². The maximum atomic E-state index is 13.2. The fourth-order valence-corrected chi connectivity index (χ4v) is 7.30. The Kier molecular flexibility index (Phi) is 6.08. The molecule has 3 heterocycles. The highest BCUT2D eigenvalue weighted by Gasteiger charge is 2.74. The molecule has 1 unspecified atom stereocenters. The van der Waals surface area contributed by atoms with Crippen LogP contribution in [0.15, 0.2) is 48.4 Å². The Morgan fingerprint density at radius 2 is 2.06 bits per heavy atom. The number of rotatable bonds is 7. The molecule has 0 radical (unpaired) electrons. The molecule has 32 heavy (non-hydrogen) atoms. The van der Waals surface area contributed by atoms with Gasteiger partial charge in [-0.2, -0.15) is 0 Å². The number of carbonyl (C=O) groups excluding carboxylic acids is 3. The summed E-state index contributed by atoms with van der Waals surface area (Å²) >= 11 is 5.99. The second-order valence-corrected chi connectivity index (χ2v) is 12.0. The molecule has 1 amide bonds. The van der Waals surface area contributed by atoms with Gasteiger partial charge in [0.25, 0.3) is 0 Å². The number of Topliss-reactive ketones (excluding diaryl/α,β-unsaturated/α-hetero) is 1. The summed E-state index contributed by atoms with van der Waals surface area (Å²) in [7, 11) is 0. The second-order valence-electron chi connectivity index (χ2n) is 8.05. The van der Waals surface area contributed by atoms with Crippen LogP contribution in [0.1, 0.15) is 24.3 Å². The first-order valence-corrected chi connectivity index (χ1v) is 12.4. The highest BCUT2D eigenvalue weighted by atomic mass is 79.9. The van der Waals surface area contributed by atoms with Gasteiger partial charge in [0.05, 0.1) is 0 Å². The molecule has 2 saturated heterocycles. The third kappa shape index (κ3) is 3.53. The number of ether oxygens (including phenoxy) is 1. The minimum atomic E-state index is -1.66. The molecule has 2 aromatic rings. The molecule has 1 aromatic heterocycles. The summed E-state index contributed by atoms with van der Waals surface area (Å²) in [6, 6.07) is 8.56. The highest BCUT2D eigenvalue weighted by Crippen LogP contribution is 2.59. The lowest BCUT2D eigenvalue weighted by molar-refractivity contribution is -0.166. The van der Waals surface area contributed by atoms with Gasteiger partial charge in [-0.15, -0.1) is 23.1 Å². The molecule has 2 fully saturated rings. The Bertz CT molecular complexity index is 1090. The number of aliphatic hydroxyl groups excluding tert-OH is 1. The van der Waals surface area contributed by atoms with Gasteiger partial charge in [-0.3, -0.25) is 9.59 Å². The van der Waals surface area contributed by atoms with E-state index in [-0.39, 0.29) is 12.3 Å². The SMILES string of the molecule is C=CCOC(=O)[C@@H]1N2C(=O)[C@@](Br)(C(O)C(=O)c3csc(-c4ccccc4)n3)[C@H]2SC1(C)C. The number of esters is 1. The quantitative estimate of drug-likeness (QED) is 0.190. The van der Waals surface area contributed by atoms with Gasteiger partial charge < -0.3 is 14.7 Å². The van der Waals surface area contributed by atoms with E-state index in [1.807, 2.05) is 44.2 Å². The van der Waals surface area contributed by atoms with Crippen molar-refractivity contribution in [3.63, 3.8) is 0 Å². The van der Waals surface area contributed by atoms with Gasteiger partial charge >= 0.3 is 5.97 Å². The molecule has 10 heteroatoms. The number of nitrogens with zero attached hydrogens (tertiary/aromatic N) is 2. The number of amides is 1. The number of carbonyl (C=O) groups is 3. The average Bonchev–Trinajstić information content (AvgIpc) is 3.38. The third-order valence-electron chi connectivity index (χ3n) is 5.52. The van der Waals surface area contributed by atoms with Crippen molar-refractivity contribution in [2.45, 2.75) is 40.4 Å². The number of thioether (sulfide) groups is 1. The number of thiazole rings is 1. The first-order chi connectivity index (χ1) is 15.1. The zero-order valence-electron chi connectivity index (χ0n) is 17.4. The number of halogens is 1. The van der Waals surface area contributed by atoms with Crippen LogP contribution in [0.3, 0.4) is 0 Å². The van der Waals surface area contributed by atoms with Crippen LogP contribution in [-0.4, -0.2) is 65.8 Å². The van der Waals surface area contributed by atoms with Crippen LogP contribution >= 0.6 is 39.0 Å². The van der Waals surface area contributed by atoms with Crippen LogP contribution in [0, 0.1) is 0 Å². The van der Waals surface area contributed by atoms with E-state index in [4.69, 9.17) is 4.74 Å². The number of ketones is 1. The van der Waals surface area contributed by atoms with Crippen molar-refractivity contribution >= 4 is 56.7 Å². The lowest BCUT2D eigenvalue weighted by atomic mass is 9.85. The average molecular weight is 537 g/mol. The number of aromatic nitrogens is 1. The van der Waals surface area contributed by atoms with E-state index in [0.29, 0.717) is 5.01 Å². The van der Waals surface area contributed by atoms with Crippen molar-refractivity contribution in [2.24, 2.45) is 0 Å². The third-order valence-corrected chi connectivity index (χ3v) is 9.57. The fourth-order valence-electron chi connectivity index (χ4n) is 3.93. The van der Waals surface area contributed by atoms with Gasteiger partial charge in [-0.05, 0) is 13.8 Å². The van der Waals surface area contributed by atoms with Crippen LogP contribution < -0.4 is 0 Å². The molecule has 2 aliphatic heterocycles. The van der Waals surface area contributed by atoms with Crippen LogP contribution in [0.4, 0.5) is 0 Å². The van der Waals surface area contributed by atoms with Crippen molar-refractivity contribution in [1.82, 2.24) is 9.88 Å². The summed E-state index contributed by atoms with van der Waals surface area (Å²) in [6.07, 6.45) is -0.204. The summed E-state index contributed by atoms with van der Waals surface area (Å²) < 4.78 is 2.97. The summed E-state index contributed by atoms with van der Waals surface area (Å²) in [5, 5.41) is 12.6. The largest absolute Gasteiger partial charge is 0.460 e. The van der Waals surface area contributed by atoms with E-state index >= 15 is 0 Å². The highest BCUT2D eigenvalue weighted by molar-refractivity contribution is 9.10. The molecular formula is C22H21BrN2O5S2. The molecule has 0 saturated carbocycles. The van der Waals surface area contributed by atoms with Crippen molar-refractivity contribution in [2.75, 3.05) is 6.61 Å². The van der Waals surface area contributed by atoms with Crippen molar-refractivity contribution in [3.05, 3.63) is 54.1 Å². The number of hydrogen-bond acceptors (Lipinski definition) is 8. The van der Waals surface area contributed by atoms with E-state index in [9.17, 15) is 19.5 Å². The Balaban J connectivity index is 1.56. The predicted octanol–water partition coefficient (Wildman–Crippen LogP) is 3.28. The summed E-state index contributed by atoms with van der Waals surface area (Å²) in [4.78, 5) is 44.6. The number of hydrogen-bond donors (Lipinski definition) is 1. The van der Waals surface area contributed by atoms with Crippen LogP contribution in [-0.2, 0) is 14.3 Å². The monoisotopic (exact) mass is 536 g/mol. The Hall–Kier alpha value is -2.01. The van der Waals surface area contributed by atoms with Crippen LogP contribution in [0.5, 0.6) is 0 Å². The maximum absolute atomic E-state index is 13.2. The van der Waals surface area contributed by atoms with E-state index < -0.39 is 44.3 Å². The van der Waals surface area contributed by atoms with Gasteiger partial charge in [0, 0.05) is 15.7 Å². The van der Waals surface area contributed by atoms with Crippen LogP contribution in [0.25, 0.3) is 10.6 Å². The molecule has 168 valence electrons. The van der Waals surface area contributed by atoms with Crippen molar-refractivity contribution < 1.29 is 24.2 Å². The molecule has 1 aromatic carbocycles. The fraction of sp³-hybridized carbons (Fsp3) is 0.364. The number of fused-ring (bicyclic) bond motifs is 1. The van der Waals surface area contributed by atoms with E-state index in [0.717, 1.165) is 5.56 Å². The first-order valence-electron chi connectivity index (χ1n) is 9.83. The lowest BCUT2D eigenvalue weighted by Crippen LogP contribution is -2.75. The van der Waals surface area contributed by atoms with E-state index in [1.165, 1.54) is 34.1 Å². The zero-order valence-corrected chi connectivity index (χ0v) is 20.6. The number of aliphatic hydroxyl groups is 1. The summed E-state index contributed by atoms with van der Waals surface area (Å²) in [5.41, 5.74) is 0.954. The lowest BCUT2D eigenvalue weighted by Gasteiger charge is -2.51. The van der Waals surface area contributed by atoms with E-state index in [2.05, 4.69) is 27.5 Å². The number of benzene rings is 1. The summed E-state index contributed by atoms with van der Waals surface area (Å²) in [5.74, 6) is -1.72. The minimum Gasteiger partial charge on any atom is -0.460 e. The molecule has 0 spiro atoms. The van der Waals surface area contributed by atoms with Crippen molar-refractivity contribution in [3.8, 4) is 10.6 Å². The molecule has 0 aliphatic carbocycles. The molecule has 4 atom stereocenters. The molecule has 4 rings (SSSR count). The zero-order chi connectivity index (χ0) is 23.3. The Morgan fingerprint density at radius 1 is 1.38 bits per heavy atom. The first kappa shape index (κ1) is 23.2. The van der Waals surface area contributed by atoms with Gasteiger partial charge in [0.2, 0.25) is 11.7 Å². The molecule has 0 bridgehead atoms. The van der Waals surface area contributed by atoms with Crippen molar-refractivity contribution in [1.29, 1.82) is 0 Å². The van der Waals surface area contributed by atoms with Gasteiger partial charge in [-0.1, -0.05) is 58.9 Å². The smallest absolute Gasteiger partial charge is 0.330 e. The number of alkyl halides is 1. The molecular weight excluding hydrogens is 516 g/mol. The molecule has 7 nitrogen and oxygen atoms in total. The summed E-state index contributed by atoms with van der Waals surface area (Å²) in [6.45, 7) is 7.23. The Morgan fingerprint density at radius 3 is 2.72 bits per heavy atom. The van der Waals surface area contributed by atoms with Gasteiger partial charge in [0.15, 0.2) is 4.32 Å². The van der Waals surface area contributed by atoms with Gasteiger partial charge in [-0.25, -0.2) is 9.78 Å². The maximum Gasteiger partial charge on any atom is 0.330 e. The molecule has 1 N–H and O–H groups in total. The topological polar surface area (TPSA) is 96.8 Å². The van der Waals surface area contributed by atoms with Crippen LogP contribution in [0.2, 0.25) is 0 Å². The normalized spacial score (nSPS) is 26.8. The minimum absolute atomic E-state index is 0.0386. The standard InChI is InChI=1S/C22H21BrN2O5S2/c1-4-10-30-18(28)15-21(2,3)32-20-22(23,19(29)25(15)20)16(27)14(26)13-11-31-17(24-13)12-8-6-5-7-9-12/h4-9,11,15-16,20,27H,1,10H2,2-3H3/t15-,16?,20+,22-/m0/s1. The number of β-lactam (4-membered cyclic amide) rings is 1. The van der Waals surface area contributed by atoms with E-state index in [1.54, 1.807) is 5.38 Å². The Labute approximate surface area is 202 Å². The molecule has 2 aliphatic rings.